The van der Waals surface area contributed by atoms with E-state index >= 15 is 0 Å². The third-order valence-corrected chi connectivity index (χ3v) is 7.91. The molecule has 0 aliphatic heterocycles. The molecule has 0 aliphatic carbocycles. The number of benzene rings is 6. The van der Waals surface area contributed by atoms with Gasteiger partial charge >= 0.3 is 0 Å². The lowest BCUT2D eigenvalue weighted by Crippen LogP contribution is -2.00. The Labute approximate surface area is 239 Å². The summed E-state index contributed by atoms with van der Waals surface area (Å²) in [6, 6.07) is 42.9. The summed E-state index contributed by atoms with van der Waals surface area (Å²) in [5.41, 5.74) is 5.97. The summed E-state index contributed by atoms with van der Waals surface area (Å²) in [4.78, 5) is 15.0. The second-order valence-electron chi connectivity index (χ2n) is 10.5. The summed E-state index contributed by atoms with van der Waals surface area (Å²) < 4.78 is 12.5. The lowest BCUT2D eigenvalue weighted by Gasteiger charge is -2.09. The molecular formula is C37H21N3O2. The van der Waals surface area contributed by atoms with Crippen molar-refractivity contribution in [3.63, 3.8) is 0 Å². The van der Waals surface area contributed by atoms with Gasteiger partial charge in [-0.05, 0) is 47.2 Å². The smallest absolute Gasteiger partial charge is 0.164 e. The lowest BCUT2D eigenvalue weighted by atomic mass is 10.0. The van der Waals surface area contributed by atoms with Gasteiger partial charge in [0.15, 0.2) is 17.5 Å². The van der Waals surface area contributed by atoms with Crippen LogP contribution in [0.3, 0.4) is 0 Å². The monoisotopic (exact) mass is 539 g/mol. The highest BCUT2D eigenvalue weighted by atomic mass is 16.3. The Morgan fingerprint density at radius 3 is 1.93 bits per heavy atom. The summed E-state index contributed by atoms with van der Waals surface area (Å²) in [5, 5.41) is 6.51. The van der Waals surface area contributed by atoms with Gasteiger partial charge in [-0.1, -0.05) is 91.0 Å². The van der Waals surface area contributed by atoms with Crippen molar-refractivity contribution in [1.82, 2.24) is 15.0 Å². The van der Waals surface area contributed by atoms with E-state index in [4.69, 9.17) is 23.8 Å². The van der Waals surface area contributed by atoms with Gasteiger partial charge in [-0.3, -0.25) is 0 Å². The van der Waals surface area contributed by atoms with Crippen LogP contribution in [0.15, 0.2) is 136 Å². The molecule has 3 heterocycles. The van der Waals surface area contributed by atoms with Crippen molar-refractivity contribution >= 4 is 54.6 Å². The number of fused-ring (bicyclic) bond motifs is 7. The molecule has 0 bridgehead atoms. The van der Waals surface area contributed by atoms with E-state index in [0.717, 1.165) is 66.0 Å². The normalized spacial score (nSPS) is 11.8. The molecule has 9 rings (SSSR count). The molecule has 5 heteroatoms. The van der Waals surface area contributed by atoms with Crippen LogP contribution in [0.1, 0.15) is 0 Å². The minimum Gasteiger partial charge on any atom is -0.456 e. The van der Waals surface area contributed by atoms with Crippen LogP contribution in [0.5, 0.6) is 0 Å². The van der Waals surface area contributed by atoms with E-state index < -0.39 is 0 Å². The van der Waals surface area contributed by atoms with Crippen molar-refractivity contribution in [2.24, 2.45) is 0 Å². The first-order chi connectivity index (χ1) is 20.8. The van der Waals surface area contributed by atoms with Crippen LogP contribution < -0.4 is 0 Å². The van der Waals surface area contributed by atoms with Crippen molar-refractivity contribution in [1.29, 1.82) is 0 Å². The Morgan fingerprint density at radius 1 is 0.381 bits per heavy atom. The third kappa shape index (κ3) is 3.54. The Morgan fingerprint density at radius 2 is 1.05 bits per heavy atom. The highest BCUT2D eigenvalue weighted by molar-refractivity contribution is 6.12. The summed E-state index contributed by atoms with van der Waals surface area (Å²) >= 11 is 0. The predicted octanol–water partition coefficient (Wildman–Crippen LogP) is 9.82. The highest BCUT2D eigenvalue weighted by Gasteiger charge is 2.18. The molecule has 0 radical (unpaired) electrons. The van der Waals surface area contributed by atoms with E-state index in [9.17, 15) is 0 Å². The fourth-order valence-electron chi connectivity index (χ4n) is 5.90. The molecular weight excluding hydrogens is 518 g/mol. The molecule has 0 amide bonds. The summed E-state index contributed by atoms with van der Waals surface area (Å²) in [6.45, 7) is 0. The number of hydrogen-bond donors (Lipinski definition) is 0. The van der Waals surface area contributed by atoms with Gasteiger partial charge in [0, 0.05) is 38.2 Å². The number of para-hydroxylation sites is 1. The molecule has 5 nitrogen and oxygen atoms in total. The standard InChI is InChI=1S/C37H21N3O2/c1-2-9-22(10-3-1)35-38-36(40-37(39-35)28-14-8-16-31-34(28)27-13-6-7-15-30(27)41-31)25-17-18-26-29-19-23-11-4-5-12-24(23)20-33(29)42-32(26)21-25/h1-21H. The number of nitrogens with zero attached hydrogens (tertiary/aromatic N) is 3. The van der Waals surface area contributed by atoms with Crippen molar-refractivity contribution in [3.8, 4) is 34.2 Å². The second kappa shape index (κ2) is 8.85. The van der Waals surface area contributed by atoms with E-state index in [1.807, 2.05) is 78.9 Å². The average Bonchev–Trinajstić information content (AvgIpc) is 3.61. The fourth-order valence-corrected chi connectivity index (χ4v) is 5.90. The minimum absolute atomic E-state index is 0.580. The first-order valence-electron chi connectivity index (χ1n) is 13.9. The molecule has 3 aromatic heterocycles. The molecule has 42 heavy (non-hydrogen) atoms. The molecule has 6 aromatic carbocycles. The van der Waals surface area contributed by atoms with Gasteiger partial charge in [0.05, 0.1) is 0 Å². The van der Waals surface area contributed by atoms with Gasteiger partial charge in [0.1, 0.15) is 22.3 Å². The van der Waals surface area contributed by atoms with Gasteiger partial charge in [-0.25, -0.2) is 15.0 Å². The maximum absolute atomic E-state index is 6.36. The molecule has 0 spiro atoms. The van der Waals surface area contributed by atoms with Crippen LogP contribution >= 0.6 is 0 Å². The average molecular weight is 540 g/mol. The maximum atomic E-state index is 6.36. The Kier molecular flexibility index (Phi) is 4.83. The molecule has 196 valence electrons. The number of aromatic nitrogens is 3. The van der Waals surface area contributed by atoms with E-state index in [1.54, 1.807) is 0 Å². The van der Waals surface area contributed by atoms with E-state index in [0.29, 0.717) is 17.5 Å². The van der Waals surface area contributed by atoms with Crippen LogP contribution in [0.25, 0.3) is 88.8 Å². The Hall–Kier alpha value is -5.81. The van der Waals surface area contributed by atoms with Gasteiger partial charge in [0.2, 0.25) is 0 Å². The van der Waals surface area contributed by atoms with Gasteiger partial charge in [-0.2, -0.15) is 0 Å². The van der Waals surface area contributed by atoms with Crippen LogP contribution in [0, 0.1) is 0 Å². The fraction of sp³-hybridized carbons (Fsp3) is 0. The van der Waals surface area contributed by atoms with Crippen LogP contribution in [0.2, 0.25) is 0 Å². The molecule has 0 saturated carbocycles. The molecule has 0 unspecified atom stereocenters. The number of rotatable bonds is 3. The van der Waals surface area contributed by atoms with Crippen LogP contribution in [-0.2, 0) is 0 Å². The predicted molar refractivity (Wildman–Crippen MR) is 168 cm³/mol. The van der Waals surface area contributed by atoms with Crippen molar-refractivity contribution in [2.45, 2.75) is 0 Å². The van der Waals surface area contributed by atoms with Crippen molar-refractivity contribution in [2.75, 3.05) is 0 Å². The van der Waals surface area contributed by atoms with E-state index in [1.165, 1.54) is 5.39 Å². The molecule has 0 N–H and O–H groups in total. The van der Waals surface area contributed by atoms with Gasteiger partial charge < -0.3 is 8.83 Å². The first-order valence-corrected chi connectivity index (χ1v) is 13.9. The maximum Gasteiger partial charge on any atom is 0.164 e. The van der Waals surface area contributed by atoms with Crippen molar-refractivity contribution in [3.05, 3.63) is 127 Å². The first kappa shape index (κ1) is 22.9. The second-order valence-corrected chi connectivity index (χ2v) is 10.5. The lowest BCUT2D eigenvalue weighted by molar-refractivity contribution is 0.669. The summed E-state index contributed by atoms with van der Waals surface area (Å²) in [7, 11) is 0. The molecule has 0 atom stereocenters. The van der Waals surface area contributed by atoms with Crippen LogP contribution in [0.4, 0.5) is 0 Å². The van der Waals surface area contributed by atoms with Crippen LogP contribution in [-0.4, -0.2) is 15.0 Å². The van der Waals surface area contributed by atoms with Crippen molar-refractivity contribution < 1.29 is 8.83 Å². The SMILES string of the molecule is c1ccc(-c2nc(-c3ccc4c(c3)oc3cc5ccccc5cc34)nc(-c3cccc4oc5ccccc5c34)n2)cc1. The zero-order chi connectivity index (χ0) is 27.6. The molecule has 0 saturated heterocycles. The van der Waals surface area contributed by atoms with Gasteiger partial charge in [-0.15, -0.1) is 0 Å². The summed E-state index contributed by atoms with van der Waals surface area (Å²) in [6.07, 6.45) is 0. The number of hydrogen-bond acceptors (Lipinski definition) is 5. The highest BCUT2D eigenvalue weighted by Crippen LogP contribution is 2.38. The quantitative estimate of drug-likeness (QED) is 0.224. The zero-order valence-electron chi connectivity index (χ0n) is 22.3. The topological polar surface area (TPSA) is 65.0 Å². The Bertz CT molecular complexity index is 2470. The van der Waals surface area contributed by atoms with E-state index in [2.05, 4.69) is 48.5 Å². The number of furan rings is 2. The van der Waals surface area contributed by atoms with Gasteiger partial charge in [0.25, 0.3) is 0 Å². The zero-order valence-corrected chi connectivity index (χ0v) is 22.3. The molecule has 0 fully saturated rings. The summed E-state index contributed by atoms with van der Waals surface area (Å²) in [5.74, 6) is 1.78. The Balaban J connectivity index is 1.28. The molecule has 0 aliphatic rings. The third-order valence-electron chi connectivity index (χ3n) is 7.91. The van der Waals surface area contributed by atoms with E-state index in [-0.39, 0.29) is 0 Å². The minimum atomic E-state index is 0.580. The molecule has 9 aromatic rings. The largest absolute Gasteiger partial charge is 0.456 e.